The summed E-state index contributed by atoms with van der Waals surface area (Å²) in [5.74, 6) is 0. The number of aryl methyl sites for hydroxylation is 2. The summed E-state index contributed by atoms with van der Waals surface area (Å²) in [5.41, 5.74) is 2.70. The Labute approximate surface area is 129 Å². The van der Waals surface area contributed by atoms with Crippen LogP contribution in [0.5, 0.6) is 0 Å². The molecule has 0 aliphatic heterocycles. The standard InChI is InChI=1S/C22H16/c1-13-9-11-19-18-8-4-6-16-14(2)10-12-20(22(16)18)17-7-3-5-15(13)21(17)19/h3-12H,1-2H3. The van der Waals surface area contributed by atoms with E-state index in [-0.39, 0.29) is 0 Å². The molecule has 0 fully saturated rings. The van der Waals surface area contributed by atoms with Gasteiger partial charge in [0.1, 0.15) is 0 Å². The predicted octanol–water partition coefficient (Wildman–Crippen LogP) is 6.35. The van der Waals surface area contributed by atoms with E-state index in [2.05, 4.69) is 74.5 Å². The molecule has 0 spiro atoms. The van der Waals surface area contributed by atoms with Gasteiger partial charge in [-0.05, 0) is 68.1 Å². The Morgan fingerprint density at radius 3 is 1.23 bits per heavy atom. The van der Waals surface area contributed by atoms with Crippen LogP contribution in [0.3, 0.4) is 0 Å². The van der Waals surface area contributed by atoms with Gasteiger partial charge in [-0.15, -0.1) is 0 Å². The fraction of sp³-hybridized carbons (Fsp3) is 0.0909. The third-order valence-electron chi connectivity index (χ3n) is 5.10. The molecular weight excluding hydrogens is 264 g/mol. The molecule has 0 heteroatoms. The maximum atomic E-state index is 2.29. The highest BCUT2D eigenvalue weighted by Gasteiger charge is 2.13. The molecule has 0 saturated heterocycles. The summed E-state index contributed by atoms with van der Waals surface area (Å²) in [6.45, 7) is 4.41. The van der Waals surface area contributed by atoms with E-state index >= 15 is 0 Å². The number of benzene rings is 5. The van der Waals surface area contributed by atoms with Gasteiger partial charge in [-0.3, -0.25) is 0 Å². The Kier molecular flexibility index (Phi) is 2.17. The molecule has 5 aromatic carbocycles. The third-order valence-corrected chi connectivity index (χ3v) is 5.10. The molecule has 104 valence electrons. The molecule has 0 bridgehead atoms. The van der Waals surface area contributed by atoms with E-state index in [1.807, 2.05) is 0 Å². The van der Waals surface area contributed by atoms with Gasteiger partial charge >= 0.3 is 0 Å². The van der Waals surface area contributed by atoms with Gasteiger partial charge in [0.05, 0.1) is 0 Å². The zero-order valence-corrected chi connectivity index (χ0v) is 12.8. The number of hydrogen-bond donors (Lipinski definition) is 0. The molecule has 22 heavy (non-hydrogen) atoms. The van der Waals surface area contributed by atoms with E-state index in [0.29, 0.717) is 0 Å². The Morgan fingerprint density at radius 2 is 0.773 bits per heavy atom. The van der Waals surface area contributed by atoms with Crippen LogP contribution in [-0.4, -0.2) is 0 Å². The zero-order chi connectivity index (χ0) is 14.8. The lowest BCUT2D eigenvalue weighted by Crippen LogP contribution is -1.89. The van der Waals surface area contributed by atoms with E-state index in [4.69, 9.17) is 0 Å². The SMILES string of the molecule is Cc1ccc2c3cccc4c(C)ccc(c5cccc1c52)c43. The van der Waals surface area contributed by atoms with E-state index in [1.54, 1.807) is 0 Å². The summed E-state index contributed by atoms with van der Waals surface area (Å²) >= 11 is 0. The summed E-state index contributed by atoms with van der Waals surface area (Å²) in [4.78, 5) is 0. The predicted molar refractivity (Wildman–Crippen MR) is 97.1 cm³/mol. The Balaban J connectivity index is 2.28. The van der Waals surface area contributed by atoms with Gasteiger partial charge in [0, 0.05) is 0 Å². The lowest BCUT2D eigenvalue weighted by molar-refractivity contribution is 1.54. The first-order valence-corrected chi connectivity index (χ1v) is 7.81. The maximum Gasteiger partial charge on any atom is -0.00237 e. The first-order chi connectivity index (χ1) is 10.8. The highest BCUT2D eigenvalue weighted by atomic mass is 14.2. The van der Waals surface area contributed by atoms with E-state index in [9.17, 15) is 0 Å². The van der Waals surface area contributed by atoms with Crippen LogP contribution in [0.1, 0.15) is 11.1 Å². The molecule has 0 radical (unpaired) electrons. The minimum Gasteiger partial charge on any atom is -0.0610 e. The molecule has 5 rings (SSSR count). The molecule has 5 aromatic rings. The third kappa shape index (κ3) is 1.33. The molecule has 0 N–H and O–H groups in total. The van der Waals surface area contributed by atoms with Crippen LogP contribution in [-0.2, 0) is 0 Å². The van der Waals surface area contributed by atoms with Crippen LogP contribution in [0.2, 0.25) is 0 Å². The molecule has 0 heterocycles. The first-order valence-electron chi connectivity index (χ1n) is 7.81. The van der Waals surface area contributed by atoms with Crippen LogP contribution in [0, 0.1) is 13.8 Å². The molecular formula is C22H16. The van der Waals surface area contributed by atoms with Crippen molar-refractivity contribution in [3.8, 4) is 0 Å². The molecule has 0 amide bonds. The van der Waals surface area contributed by atoms with Crippen LogP contribution >= 0.6 is 0 Å². The van der Waals surface area contributed by atoms with Gasteiger partial charge in [-0.25, -0.2) is 0 Å². The van der Waals surface area contributed by atoms with Crippen molar-refractivity contribution in [2.75, 3.05) is 0 Å². The molecule has 0 atom stereocenters. The summed E-state index contributed by atoms with van der Waals surface area (Å²) in [5, 5.41) is 11.1. The molecule has 0 aromatic heterocycles. The smallest absolute Gasteiger partial charge is 0.00237 e. The average Bonchev–Trinajstić information content (AvgIpc) is 2.55. The highest BCUT2D eigenvalue weighted by molar-refractivity contribution is 6.33. The van der Waals surface area contributed by atoms with E-state index in [1.165, 1.54) is 54.2 Å². The van der Waals surface area contributed by atoms with Gasteiger partial charge in [0.2, 0.25) is 0 Å². The van der Waals surface area contributed by atoms with Crippen molar-refractivity contribution in [1.82, 2.24) is 0 Å². The van der Waals surface area contributed by atoms with Crippen molar-refractivity contribution in [1.29, 1.82) is 0 Å². The average molecular weight is 280 g/mol. The summed E-state index contributed by atoms with van der Waals surface area (Å²) in [6, 6.07) is 22.5. The lowest BCUT2D eigenvalue weighted by Gasteiger charge is -2.16. The van der Waals surface area contributed by atoms with Crippen molar-refractivity contribution >= 4 is 43.1 Å². The Bertz CT molecular complexity index is 1060. The quantitative estimate of drug-likeness (QED) is 0.229. The number of rotatable bonds is 0. The monoisotopic (exact) mass is 280 g/mol. The maximum absolute atomic E-state index is 2.29. The van der Waals surface area contributed by atoms with Gasteiger partial charge in [-0.2, -0.15) is 0 Å². The van der Waals surface area contributed by atoms with Crippen molar-refractivity contribution in [2.24, 2.45) is 0 Å². The van der Waals surface area contributed by atoms with Crippen LogP contribution in [0.25, 0.3) is 43.1 Å². The second-order valence-electron chi connectivity index (χ2n) is 6.32. The van der Waals surface area contributed by atoms with E-state index < -0.39 is 0 Å². The Morgan fingerprint density at radius 1 is 0.409 bits per heavy atom. The van der Waals surface area contributed by atoms with Gasteiger partial charge in [0.15, 0.2) is 0 Å². The topological polar surface area (TPSA) is 0 Å². The van der Waals surface area contributed by atoms with Crippen molar-refractivity contribution < 1.29 is 0 Å². The summed E-state index contributed by atoms with van der Waals surface area (Å²) < 4.78 is 0. The van der Waals surface area contributed by atoms with Gasteiger partial charge < -0.3 is 0 Å². The highest BCUT2D eigenvalue weighted by Crippen LogP contribution is 2.41. The normalized spacial score (nSPS) is 12.1. The number of fused-ring (bicyclic) bond motifs is 2. The van der Waals surface area contributed by atoms with Crippen LogP contribution in [0.4, 0.5) is 0 Å². The van der Waals surface area contributed by atoms with Crippen LogP contribution < -0.4 is 0 Å². The van der Waals surface area contributed by atoms with Crippen LogP contribution in [0.15, 0.2) is 60.7 Å². The fourth-order valence-corrected chi connectivity index (χ4v) is 4.00. The van der Waals surface area contributed by atoms with Gasteiger partial charge in [-0.1, -0.05) is 60.7 Å². The molecule has 0 unspecified atom stereocenters. The second-order valence-corrected chi connectivity index (χ2v) is 6.32. The largest absolute Gasteiger partial charge is 0.0610 e. The minimum atomic E-state index is 1.35. The van der Waals surface area contributed by atoms with Crippen molar-refractivity contribution in [2.45, 2.75) is 13.8 Å². The second kappa shape index (κ2) is 3.98. The fourth-order valence-electron chi connectivity index (χ4n) is 4.00. The Hall–Kier alpha value is -2.60. The van der Waals surface area contributed by atoms with Crippen molar-refractivity contribution in [3.63, 3.8) is 0 Å². The number of hydrogen-bond acceptors (Lipinski definition) is 0. The van der Waals surface area contributed by atoms with Crippen molar-refractivity contribution in [3.05, 3.63) is 71.8 Å². The van der Waals surface area contributed by atoms with Gasteiger partial charge in [0.25, 0.3) is 0 Å². The first kappa shape index (κ1) is 12.0. The summed E-state index contributed by atoms with van der Waals surface area (Å²) in [6.07, 6.45) is 0. The zero-order valence-electron chi connectivity index (χ0n) is 12.8. The molecule has 0 aliphatic rings. The molecule has 0 saturated carbocycles. The van der Waals surface area contributed by atoms with E-state index in [0.717, 1.165) is 0 Å². The summed E-state index contributed by atoms with van der Waals surface area (Å²) in [7, 11) is 0. The molecule has 0 aliphatic carbocycles. The molecule has 0 nitrogen and oxygen atoms in total. The minimum absolute atomic E-state index is 1.35. The lowest BCUT2D eigenvalue weighted by atomic mass is 9.87.